The highest BCUT2D eigenvalue weighted by Crippen LogP contribution is 2.29. The number of rotatable bonds is 7. The van der Waals surface area contributed by atoms with Crippen LogP contribution in [0, 0.1) is 6.92 Å². The fraction of sp³-hybridized carbons (Fsp3) is 0.333. The molecule has 24 heavy (non-hydrogen) atoms. The van der Waals surface area contributed by atoms with Gasteiger partial charge in [0.15, 0.2) is 11.5 Å². The van der Waals surface area contributed by atoms with Crippen LogP contribution >= 0.6 is 0 Å². The average molecular weight is 353 g/mol. The summed E-state index contributed by atoms with van der Waals surface area (Å²) in [4.78, 5) is 11.7. The molecule has 0 spiro atoms. The molecule has 0 aliphatic heterocycles. The largest absolute Gasteiger partial charge is 0.493 e. The highest BCUT2D eigenvalue weighted by atomic mass is 32.2. The van der Waals surface area contributed by atoms with Crippen LogP contribution in [-0.4, -0.2) is 39.0 Å². The Hall–Kier alpha value is -2.39. The third kappa shape index (κ3) is 4.12. The van der Waals surface area contributed by atoms with Gasteiger partial charge in [0.1, 0.15) is 0 Å². The van der Waals surface area contributed by atoms with Crippen molar-refractivity contribution in [2.75, 3.05) is 20.8 Å². The molecule has 0 amide bonds. The molecule has 0 bridgehead atoms. The third-order valence-corrected chi connectivity index (χ3v) is 4.74. The summed E-state index contributed by atoms with van der Waals surface area (Å²) in [7, 11) is -0.842. The predicted octanol–water partition coefficient (Wildman–Crippen LogP) is 0.547. The van der Waals surface area contributed by atoms with Gasteiger partial charge in [-0.15, -0.1) is 0 Å². The predicted molar refractivity (Wildman–Crippen MR) is 88.0 cm³/mol. The first-order valence-corrected chi connectivity index (χ1v) is 8.62. The van der Waals surface area contributed by atoms with Gasteiger partial charge < -0.3 is 9.47 Å². The number of hydrogen-bond donors (Lipinski definition) is 1. The lowest BCUT2D eigenvalue weighted by molar-refractivity contribution is 0.354. The number of methoxy groups -OCH3 is 2. The van der Waals surface area contributed by atoms with E-state index in [2.05, 4.69) is 9.82 Å². The number of aromatic nitrogens is 2. The summed E-state index contributed by atoms with van der Waals surface area (Å²) in [5.74, 6) is 0.754. The van der Waals surface area contributed by atoms with Crippen LogP contribution < -0.4 is 19.8 Å². The summed E-state index contributed by atoms with van der Waals surface area (Å²) in [6.45, 7) is 1.92. The van der Waals surface area contributed by atoms with Crippen molar-refractivity contribution in [3.8, 4) is 11.5 Å². The topological polar surface area (TPSA) is 99.5 Å². The molecule has 8 nitrogen and oxygen atoms in total. The molecule has 9 heteroatoms. The van der Waals surface area contributed by atoms with Crippen molar-refractivity contribution in [1.29, 1.82) is 0 Å². The van der Waals surface area contributed by atoms with Crippen LogP contribution in [0.2, 0.25) is 0 Å². The molecule has 1 aromatic carbocycles. The van der Waals surface area contributed by atoms with Crippen LogP contribution in [0.3, 0.4) is 0 Å². The quantitative estimate of drug-likeness (QED) is 0.780. The second-order valence-corrected chi connectivity index (χ2v) is 6.72. The lowest BCUT2D eigenvalue weighted by atomic mass is 10.3. The summed E-state index contributed by atoms with van der Waals surface area (Å²) >= 11 is 0. The smallest absolute Gasteiger partial charge is 0.266 e. The van der Waals surface area contributed by atoms with Crippen molar-refractivity contribution >= 4 is 10.0 Å². The lowest BCUT2D eigenvalue weighted by Crippen LogP contribution is -2.32. The van der Waals surface area contributed by atoms with E-state index in [0.29, 0.717) is 17.2 Å². The Morgan fingerprint density at radius 3 is 2.50 bits per heavy atom. The summed E-state index contributed by atoms with van der Waals surface area (Å²) in [5, 5.41) is 4.05. The number of aryl methyl sites for hydroxylation is 1. The molecule has 1 aromatic heterocycles. The molecule has 2 rings (SSSR count). The SMILES string of the molecule is COc1ccc(S(=O)(=O)NCCn2nc(C)ccc2=O)cc1OC. The zero-order valence-corrected chi connectivity index (χ0v) is 14.5. The Labute approximate surface area is 140 Å². The van der Waals surface area contributed by atoms with Crippen LogP contribution in [0.5, 0.6) is 11.5 Å². The fourth-order valence-electron chi connectivity index (χ4n) is 2.06. The fourth-order valence-corrected chi connectivity index (χ4v) is 3.10. The molecule has 0 radical (unpaired) electrons. The van der Waals surface area contributed by atoms with E-state index in [1.54, 1.807) is 13.0 Å². The Bertz CT molecular complexity index is 877. The van der Waals surface area contributed by atoms with Gasteiger partial charge in [0, 0.05) is 18.7 Å². The van der Waals surface area contributed by atoms with E-state index in [9.17, 15) is 13.2 Å². The van der Waals surface area contributed by atoms with Crippen molar-refractivity contribution in [3.63, 3.8) is 0 Å². The van der Waals surface area contributed by atoms with Crippen LogP contribution in [-0.2, 0) is 16.6 Å². The van der Waals surface area contributed by atoms with Gasteiger partial charge in [-0.1, -0.05) is 0 Å². The molecule has 0 aliphatic carbocycles. The number of nitrogens with one attached hydrogen (secondary N) is 1. The zero-order chi connectivity index (χ0) is 17.7. The lowest BCUT2D eigenvalue weighted by Gasteiger charge is -2.11. The zero-order valence-electron chi connectivity index (χ0n) is 13.6. The van der Waals surface area contributed by atoms with Gasteiger partial charge in [0.05, 0.1) is 31.4 Å². The number of nitrogens with zero attached hydrogens (tertiary/aromatic N) is 2. The summed E-state index contributed by atoms with van der Waals surface area (Å²) < 4.78 is 38.5. The maximum atomic E-state index is 12.3. The van der Waals surface area contributed by atoms with Crippen molar-refractivity contribution < 1.29 is 17.9 Å². The summed E-state index contributed by atoms with van der Waals surface area (Å²) in [5.41, 5.74) is 0.392. The van der Waals surface area contributed by atoms with Crippen molar-refractivity contribution in [3.05, 3.63) is 46.4 Å². The molecule has 2 aromatic rings. The Kier molecular flexibility index (Phi) is 5.58. The molecule has 0 unspecified atom stereocenters. The summed E-state index contributed by atoms with van der Waals surface area (Å²) in [6, 6.07) is 7.30. The summed E-state index contributed by atoms with van der Waals surface area (Å²) in [6.07, 6.45) is 0. The third-order valence-electron chi connectivity index (χ3n) is 3.28. The molecule has 1 N–H and O–H groups in total. The van der Waals surface area contributed by atoms with E-state index in [1.807, 2.05) is 0 Å². The van der Waals surface area contributed by atoms with Gasteiger partial charge >= 0.3 is 0 Å². The van der Waals surface area contributed by atoms with Crippen LogP contribution in [0.25, 0.3) is 0 Å². The van der Waals surface area contributed by atoms with Gasteiger partial charge in [-0.05, 0) is 25.1 Å². The minimum Gasteiger partial charge on any atom is -0.493 e. The second-order valence-electron chi connectivity index (χ2n) is 4.95. The second kappa shape index (κ2) is 7.45. The average Bonchev–Trinajstić information content (AvgIpc) is 2.57. The normalized spacial score (nSPS) is 11.3. The molecule has 0 saturated carbocycles. The van der Waals surface area contributed by atoms with Gasteiger partial charge in [-0.2, -0.15) is 5.10 Å². The van der Waals surface area contributed by atoms with E-state index in [4.69, 9.17) is 9.47 Å². The van der Waals surface area contributed by atoms with E-state index in [0.717, 1.165) is 0 Å². The maximum Gasteiger partial charge on any atom is 0.266 e. The minimum absolute atomic E-state index is 0.0348. The number of ether oxygens (including phenoxy) is 2. The molecular weight excluding hydrogens is 334 g/mol. The Morgan fingerprint density at radius 1 is 1.12 bits per heavy atom. The van der Waals surface area contributed by atoms with E-state index >= 15 is 0 Å². The van der Waals surface area contributed by atoms with Gasteiger partial charge in [0.2, 0.25) is 10.0 Å². The van der Waals surface area contributed by atoms with Crippen molar-refractivity contribution in [2.45, 2.75) is 18.4 Å². The number of sulfonamides is 1. The molecule has 0 saturated heterocycles. The maximum absolute atomic E-state index is 12.3. The monoisotopic (exact) mass is 353 g/mol. The van der Waals surface area contributed by atoms with Crippen molar-refractivity contribution in [1.82, 2.24) is 14.5 Å². The number of hydrogen-bond acceptors (Lipinski definition) is 6. The van der Waals surface area contributed by atoms with E-state index < -0.39 is 10.0 Å². The molecule has 130 valence electrons. The standard InChI is InChI=1S/C15H19N3O5S/c1-11-4-7-15(19)18(17-11)9-8-16-24(20,21)12-5-6-13(22-2)14(10-12)23-3/h4-7,10,16H,8-9H2,1-3H3. The van der Waals surface area contributed by atoms with Gasteiger partial charge in [-0.25, -0.2) is 17.8 Å². The van der Waals surface area contributed by atoms with Crippen LogP contribution in [0.1, 0.15) is 5.69 Å². The van der Waals surface area contributed by atoms with E-state index in [1.165, 1.54) is 43.2 Å². The first-order chi connectivity index (χ1) is 11.4. The molecule has 1 heterocycles. The molecular formula is C15H19N3O5S. The molecule has 0 fully saturated rings. The van der Waals surface area contributed by atoms with Crippen LogP contribution in [0.15, 0.2) is 40.0 Å². The number of benzene rings is 1. The van der Waals surface area contributed by atoms with Gasteiger partial charge in [0.25, 0.3) is 5.56 Å². The van der Waals surface area contributed by atoms with Crippen molar-refractivity contribution in [2.24, 2.45) is 0 Å². The Balaban J connectivity index is 2.11. The minimum atomic E-state index is -3.74. The highest BCUT2D eigenvalue weighted by Gasteiger charge is 2.16. The van der Waals surface area contributed by atoms with Crippen LogP contribution in [0.4, 0.5) is 0 Å². The highest BCUT2D eigenvalue weighted by molar-refractivity contribution is 7.89. The first-order valence-electron chi connectivity index (χ1n) is 7.14. The molecule has 0 aliphatic rings. The molecule has 0 atom stereocenters. The first kappa shape index (κ1) is 18.0. The Morgan fingerprint density at radius 2 is 1.83 bits per heavy atom. The van der Waals surface area contributed by atoms with Gasteiger partial charge in [-0.3, -0.25) is 4.79 Å². The van der Waals surface area contributed by atoms with E-state index in [-0.39, 0.29) is 23.5 Å².